The molecule has 2 rings (SSSR count). The first-order valence-corrected chi connectivity index (χ1v) is 6.39. The summed E-state index contributed by atoms with van der Waals surface area (Å²) < 4.78 is 33.8. The molecule has 0 aromatic carbocycles. The van der Waals surface area contributed by atoms with Crippen LogP contribution in [0.4, 0.5) is 0 Å². The van der Waals surface area contributed by atoms with Crippen LogP contribution in [-0.4, -0.2) is 37.2 Å². The Labute approximate surface area is 87.9 Å². The minimum Gasteiger partial charge on any atom is -0.478 e. The van der Waals surface area contributed by atoms with Crippen molar-refractivity contribution < 1.29 is 17.3 Å². The second-order valence-corrected chi connectivity index (χ2v) is 5.01. The van der Waals surface area contributed by atoms with Gasteiger partial charge in [0.25, 0.3) is 10.1 Å². The molecule has 84 valence electrons. The summed E-state index contributed by atoms with van der Waals surface area (Å²) in [6.07, 6.45) is 2.79. The highest BCUT2D eigenvalue weighted by Crippen LogP contribution is 2.17. The van der Waals surface area contributed by atoms with E-state index in [1.165, 1.54) is 0 Å². The van der Waals surface area contributed by atoms with Crippen molar-refractivity contribution in [2.75, 3.05) is 12.9 Å². The van der Waals surface area contributed by atoms with Gasteiger partial charge in [-0.2, -0.15) is 13.5 Å². The molecule has 15 heavy (non-hydrogen) atoms. The molecule has 1 atom stereocenters. The van der Waals surface area contributed by atoms with Crippen LogP contribution in [0.25, 0.3) is 0 Å². The third kappa shape index (κ3) is 2.69. The second-order valence-electron chi connectivity index (χ2n) is 3.41. The fourth-order valence-corrected chi connectivity index (χ4v) is 2.14. The first-order chi connectivity index (χ1) is 7.04. The van der Waals surface area contributed by atoms with Crippen molar-refractivity contribution in [3.63, 3.8) is 0 Å². The van der Waals surface area contributed by atoms with Crippen LogP contribution >= 0.6 is 0 Å². The minimum absolute atomic E-state index is 0.398. The molecular weight excluding hydrogens is 220 g/mol. The van der Waals surface area contributed by atoms with E-state index in [1.807, 2.05) is 0 Å². The van der Waals surface area contributed by atoms with Gasteiger partial charge in [0.05, 0.1) is 31.7 Å². The Balaban J connectivity index is 2.12. The molecule has 0 saturated heterocycles. The lowest BCUT2D eigenvalue weighted by molar-refractivity contribution is 0.171. The van der Waals surface area contributed by atoms with Crippen LogP contribution in [0, 0.1) is 0 Å². The number of rotatable bonds is 2. The van der Waals surface area contributed by atoms with Crippen molar-refractivity contribution >= 4 is 10.1 Å². The zero-order chi connectivity index (χ0) is 10.9. The highest BCUT2D eigenvalue weighted by molar-refractivity contribution is 7.86. The zero-order valence-corrected chi connectivity index (χ0v) is 9.11. The molecule has 0 bridgehead atoms. The molecular formula is C8H12N2O4S. The summed E-state index contributed by atoms with van der Waals surface area (Å²) in [7, 11) is -3.42. The molecule has 0 spiro atoms. The summed E-state index contributed by atoms with van der Waals surface area (Å²) in [5, 5.41) is 4.01. The van der Waals surface area contributed by atoms with E-state index < -0.39 is 16.2 Å². The molecule has 7 heteroatoms. The molecule has 1 aliphatic rings. The van der Waals surface area contributed by atoms with Crippen molar-refractivity contribution in [1.82, 2.24) is 9.78 Å². The van der Waals surface area contributed by atoms with Gasteiger partial charge in [0.1, 0.15) is 0 Å². The third-order valence-corrected chi connectivity index (χ3v) is 2.68. The van der Waals surface area contributed by atoms with E-state index in [9.17, 15) is 8.42 Å². The molecule has 1 aromatic rings. The van der Waals surface area contributed by atoms with E-state index in [-0.39, 0.29) is 0 Å². The molecule has 6 nitrogen and oxygen atoms in total. The zero-order valence-electron chi connectivity index (χ0n) is 8.29. The topological polar surface area (TPSA) is 70.4 Å². The van der Waals surface area contributed by atoms with Crippen molar-refractivity contribution in [3.05, 3.63) is 12.3 Å². The molecule has 1 unspecified atom stereocenters. The summed E-state index contributed by atoms with van der Waals surface area (Å²) >= 11 is 0. The predicted molar refractivity (Wildman–Crippen MR) is 52.1 cm³/mol. The third-order valence-electron chi connectivity index (χ3n) is 2.05. The highest BCUT2D eigenvalue weighted by atomic mass is 32.2. The molecule has 0 fully saturated rings. The van der Waals surface area contributed by atoms with Crippen LogP contribution in [0.1, 0.15) is 6.42 Å². The number of ether oxygens (including phenoxy) is 1. The lowest BCUT2D eigenvalue weighted by atomic mass is 10.3. The van der Waals surface area contributed by atoms with Gasteiger partial charge in [0, 0.05) is 12.5 Å². The van der Waals surface area contributed by atoms with Crippen LogP contribution < -0.4 is 4.74 Å². The summed E-state index contributed by atoms with van der Waals surface area (Å²) in [6.45, 7) is 0.835. The molecule has 0 aliphatic carbocycles. The number of aromatic nitrogens is 2. The van der Waals surface area contributed by atoms with Gasteiger partial charge >= 0.3 is 0 Å². The normalized spacial score (nSPS) is 21.5. The van der Waals surface area contributed by atoms with Crippen LogP contribution in [0.5, 0.6) is 5.88 Å². The van der Waals surface area contributed by atoms with E-state index in [4.69, 9.17) is 8.92 Å². The van der Waals surface area contributed by atoms with Gasteiger partial charge in [-0.05, 0) is 0 Å². The van der Waals surface area contributed by atoms with Crippen molar-refractivity contribution in [1.29, 1.82) is 0 Å². The van der Waals surface area contributed by atoms with Crippen LogP contribution in [0.3, 0.4) is 0 Å². The Morgan fingerprint density at radius 3 is 3.20 bits per heavy atom. The largest absolute Gasteiger partial charge is 0.478 e. The first-order valence-electron chi connectivity index (χ1n) is 4.57. The Bertz CT molecular complexity index is 439. The number of nitrogens with zero attached hydrogens (tertiary/aromatic N) is 2. The minimum atomic E-state index is -3.42. The fourth-order valence-electron chi connectivity index (χ4n) is 1.49. The molecule has 2 heterocycles. The maximum atomic E-state index is 11.0. The van der Waals surface area contributed by atoms with Crippen molar-refractivity contribution in [2.24, 2.45) is 0 Å². The van der Waals surface area contributed by atoms with E-state index in [0.29, 0.717) is 25.5 Å². The van der Waals surface area contributed by atoms with Gasteiger partial charge < -0.3 is 4.74 Å². The summed E-state index contributed by atoms with van der Waals surface area (Å²) in [5.74, 6) is 0.648. The smallest absolute Gasteiger partial charge is 0.264 e. The highest BCUT2D eigenvalue weighted by Gasteiger charge is 2.21. The van der Waals surface area contributed by atoms with Gasteiger partial charge in [0.2, 0.25) is 5.88 Å². The quantitative estimate of drug-likeness (QED) is 0.672. The van der Waals surface area contributed by atoms with Gasteiger partial charge in [-0.15, -0.1) is 0 Å². The van der Waals surface area contributed by atoms with E-state index in [0.717, 1.165) is 6.26 Å². The van der Waals surface area contributed by atoms with Gasteiger partial charge in [-0.1, -0.05) is 0 Å². The Morgan fingerprint density at radius 1 is 1.67 bits per heavy atom. The summed E-state index contributed by atoms with van der Waals surface area (Å²) in [6, 6.07) is 1.74. The van der Waals surface area contributed by atoms with Crippen LogP contribution in [-0.2, 0) is 20.8 Å². The fraction of sp³-hybridized carbons (Fsp3) is 0.625. The lowest BCUT2D eigenvalue weighted by Crippen LogP contribution is -2.23. The Hall–Kier alpha value is -1.08. The molecule has 1 aromatic heterocycles. The molecule has 0 N–H and O–H groups in total. The molecule has 0 radical (unpaired) electrons. The monoisotopic (exact) mass is 232 g/mol. The van der Waals surface area contributed by atoms with Crippen LogP contribution in [0.15, 0.2) is 12.3 Å². The maximum absolute atomic E-state index is 11.0. The SMILES string of the molecule is CS(=O)(=O)OC1CCOc2ccnn2C1. The average Bonchev–Trinajstić information content (AvgIpc) is 2.43. The van der Waals surface area contributed by atoms with Gasteiger partial charge in [0.15, 0.2) is 0 Å². The number of hydrogen-bond acceptors (Lipinski definition) is 5. The summed E-state index contributed by atoms with van der Waals surface area (Å²) in [5.41, 5.74) is 0. The Kier molecular flexibility index (Phi) is 2.66. The van der Waals surface area contributed by atoms with E-state index in [1.54, 1.807) is 16.9 Å². The first kappa shape index (κ1) is 10.4. The maximum Gasteiger partial charge on any atom is 0.264 e. The predicted octanol–water partition coefficient (Wildman–Crippen LogP) is 0.0104. The second kappa shape index (κ2) is 3.82. The standard InChI is InChI=1S/C8H12N2O4S/c1-15(11,12)14-7-3-5-13-8-2-4-9-10(8)6-7/h2,4,7H,3,5-6H2,1H3. The Morgan fingerprint density at radius 2 is 2.47 bits per heavy atom. The van der Waals surface area contributed by atoms with Crippen molar-refractivity contribution in [2.45, 2.75) is 19.1 Å². The van der Waals surface area contributed by atoms with Crippen molar-refractivity contribution in [3.8, 4) is 5.88 Å². The van der Waals surface area contributed by atoms with E-state index in [2.05, 4.69) is 5.10 Å². The van der Waals surface area contributed by atoms with Crippen LogP contribution in [0.2, 0.25) is 0 Å². The average molecular weight is 232 g/mol. The summed E-state index contributed by atoms with van der Waals surface area (Å²) in [4.78, 5) is 0. The van der Waals surface area contributed by atoms with Gasteiger partial charge in [-0.3, -0.25) is 4.18 Å². The molecule has 1 aliphatic heterocycles. The van der Waals surface area contributed by atoms with E-state index >= 15 is 0 Å². The number of fused-ring (bicyclic) bond motifs is 1. The molecule has 0 saturated carbocycles. The lowest BCUT2D eigenvalue weighted by Gasteiger charge is -2.12. The van der Waals surface area contributed by atoms with Gasteiger partial charge in [-0.25, -0.2) is 4.68 Å². The molecule has 0 amide bonds. The number of hydrogen-bond donors (Lipinski definition) is 0.